The van der Waals surface area contributed by atoms with Crippen LogP contribution in [-0.2, 0) is 13.6 Å². The Labute approximate surface area is 174 Å². The molecule has 0 aliphatic heterocycles. The molecule has 3 aromatic rings. The van der Waals surface area contributed by atoms with Gasteiger partial charge in [-0.1, -0.05) is 19.4 Å². The van der Waals surface area contributed by atoms with E-state index in [0.29, 0.717) is 23.8 Å². The summed E-state index contributed by atoms with van der Waals surface area (Å²) in [6.45, 7) is 3.29. The average Bonchev–Trinajstić information content (AvgIpc) is 3.04. The summed E-state index contributed by atoms with van der Waals surface area (Å²) in [4.78, 5) is 28.7. The first kappa shape index (κ1) is 21.1. The van der Waals surface area contributed by atoms with Crippen LogP contribution < -0.4 is 21.1 Å². The third-order valence-corrected chi connectivity index (χ3v) is 4.42. The van der Waals surface area contributed by atoms with E-state index in [0.717, 1.165) is 18.6 Å². The van der Waals surface area contributed by atoms with Gasteiger partial charge in [-0.05, 0) is 42.8 Å². The highest BCUT2D eigenvalue weighted by atomic mass is 16.5. The van der Waals surface area contributed by atoms with Gasteiger partial charge in [-0.15, -0.1) is 5.10 Å². The highest BCUT2D eigenvalue weighted by Gasteiger charge is 2.13. The molecule has 9 heteroatoms. The highest BCUT2D eigenvalue weighted by molar-refractivity contribution is 5.89. The summed E-state index contributed by atoms with van der Waals surface area (Å²) >= 11 is 0. The second-order valence-electron chi connectivity index (χ2n) is 6.71. The molecule has 2 heterocycles. The molecule has 0 unspecified atom stereocenters. The highest BCUT2D eigenvalue weighted by Crippen LogP contribution is 2.16. The van der Waals surface area contributed by atoms with E-state index in [4.69, 9.17) is 4.74 Å². The lowest BCUT2D eigenvalue weighted by atomic mass is 10.3. The van der Waals surface area contributed by atoms with Crippen LogP contribution in [0.4, 0.5) is 10.5 Å². The molecule has 0 spiro atoms. The van der Waals surface area contributed by atoms with Gasteiger partial charge in [0.1, 0.15) is 11.4 Å². The third-order valence-electron chi connectivity index (χ3n) is 4.42. The summed E-state index contributed by atoms with van der Waals surface area (Å²) in [5, 5.41) is 9.80. The molecule has 0 radical (unpaired) electrons. The molecule has 2 N–H and O–H groups in total. The van der Waals surface area contributed by atoms with Crippen LogP contribution in [-0.4, -0.2) is 38.5 Å². The Morgan fingerprint density at radius 3 is 2.67 bits per heavy atom. The minimum absolute atomic E-state index is 0.247. The Hall–Kier alpha value is -3.62. The van der Waals surface area contributed by atoms with Gasteiger partial charge in [0.15, 0.2) is 5.82 Å². The number of hydrogen-bond donors (Lipinski definition) is 2. The third kappa shape index (κ3) is 5.47. The number of ether oxygens (including phenoxy) is 1. The van der Waals surface area contributed by atoms with E-state index in [1.165, 1.54) is 9.25 Å². The van der Waals surface area contributed by atoms with E-state index >= 15 is 0 Å². The Bertz CT molecular complexity index is 1010. The maximum atomic E-state index is 12.4. The normalized spacial score (nSPS) is 10.6. The number of amides is 2. The molecule has 0 fully saturated rings. The number of pyridine rings is 1. The maximum Gasteiger partial charge on any atom is 0.346 e. The molecule has 0 saturated heterocycles. The van der Waals surface area contributed by atoms with Crippen molar-refractivity contribution in [3.63, 3.8) is 0 Å². The number of unbranched alkanes of at least 4 members (excludes halogenated alkanes) is 1. The topological polar surface area (TPSA) is 103 Å². The minimum atomic E-state index is -0.358. The molecule has 9 nitrogen and oxygen atoms in total. The molecule has 2 aromatic heterocycles. The molecule has 0 atom stereocenters. The standard InChI is InChI=1S/C21H26N6O3/c1-3-4-15-30-17-10-8-16(9-11-17)24-20(28)23-13-14-27-21(29)26(2)19(25-27)18-7-5-6-12-22-18/h5-12H,3-4,13-15H2,1-2H3,(H2,23,24,28). The van der Waals surface area contributed by atoms with Crippen molar-refractivity contribution >= 4 is 11.7 Å². The molecule has 1 aromatic carbocycles. The summed E-state index contributed by atoms with van der Waals surface area (Å²) in [6.07, 6.45) is 3.73. The van der Waals surface area contributed by atoms with Crippen molar-refractivity contribution in [2.24, 2.45) is 7.05 Å². The summed E-state index contributed by atoms with van der Waals surface area (Å²) in [6, 6.07) is 12.3. The van der Waals surface area contributed by atoms with Gasteiger partial charge >= 0.3 is 11.7 Å². The lowest BCUT2D eigenvalue weighted by molar-refractivity contribution is 0.251. The number of anilines is 1. The first-order valence-electron chi connectivity index (χ1n) is 9.91. The Kier molecular flexibility index (Phi) is 7.20. The monoisotopic (exact) mass is 410 g/mol. The molecule has 3 rings (SSSR count). The van der Waals surface area contributed by atoms with Gasteiger partial charge in [0.2, 0.25) is 0 Å². The molecule has 30 heavy (non-hydrogen) atoms. The largest absolute Gasteiger partial charge is 0.494 e. The maximum absolute atomic E-state index is 12.4. The Morgan fingerprint density at radius 1 is 1.17 bits per heavy atom. The van der Waals surface area contributed by atoms with Crippen LogP contribution in [0.2, 0.25) is 0 Å². The fourth-order valence-corrected chi connectivity index (χ4v) is 2.77. The molecular weight excluding hydrogens is 384 g/mol. The number of rotatable bonds is 9. The van der Waals surface area contributed by atoms with Gasteiger partial charge in [-0.2, -0.15) is 0 Å². The first-order chi connectivity index (χ1) is 14.6. The van der Waals surface area contributed by atoms with Crippen LogP contribution in [0, 0.1) is 0 Å². The van der Waals surface area contributed by atoms with Crippen LogP contribution in [0.5, 0.6) is 5.75 Å². The summed E-state index contributed by atoms with van der Waals surface area (Å²) in [5.74, 6) is 1.25. The molecule has 0 aliphatic rings. The lowest BCUT2D eigenvalue weighted by Gasteiger charge is -2.09. The second-order valence-corrected chi connectivity index (χ2v) is 6.71. The van der Waals surface area contributed by atoms with E-state index in [-0.39, 0.29) is 24.8 Å². The molecular formula is C21H26N6O3. The fraction of sp³-hybridized carbons (Fsp3) is 0.333. The van der Waals surface area contributed by atoms with E-state index in [1.54, 1.807) is 37.5 Å². The number of hydrogen-bond acceptors (Lipinski definition) is 5. The number of urea groups is 1. The summed E-state index contributed by atoms with van der Waals surface area (Å²) in [5.41, 5.74) is 1.00. The van der Waals surface area contributed by atoms with Crippen LogP contribution in [0.3, 0.4) is 0 Å². The lowest BCUT2D eigenvalue weighted by Crippen LogP contribution is -2.34. The van der Waals surface area contributed by atoms with Gasteiger partial charge in [-0.25, -0.2) is 14.3 Å². The first-order valence-corrected chi connectivity index (χ1v) is 9.91. The number of aromatic nitrogens is 4. The molecule has 158 valence electrons. The fourth-order valence-electron chi connectivity index (χ4n) is 2.77. The molecule has 0 saturated carbocycles. The van der Waals surface area contributed by atoms with Crippen LogP contribution in [0.1, 0.15) is 19.8 Å². The van der Waals surface area contributed by atoms with E-state index in [9.17, 15) is 9.59 Å². The number of carbonyl (C=O) groups is 1. The molecule has 0 aliphatic carbocycles. The van der Waals surface area contributed by atoms with Crippen LogP contribution >= 0.6 is 0 Å². The van der Waals surface area contributed by atoms with E-state index in [1.807, 2.05) is 18.2 Å². The smallest absolute Gasteiger partial charge is 0.346 e. The van der Waals surface area contributed by atoms with Gasteiger partial charge in [0.05, 0.1) is 13.2 Å². The van der Waals surface area contributed by atoms with E-state index < -0.39 is 0 Å². The van der Waals surface area contributed by atoms with Gasteiger partial charge in [-0.3, -0.25) is 9.55 Å². The van der Waals surface area contributed by atoms with Gasteiger partial charge < -0.3 is 15.4 Å². The molecule has 2 amide bonds. The number of carbonyl (C=O) groups excluding carboxylic acids is 1. The number of nitrogens with zero attached hydrogens (tertiary/aromatic N) is 4. The van der Waals surface area contributed by atoms with Crippen molar-refractivity contribution < 1.29 is 9.53 Å². The van der Waals surface area contributed by atoms with Gasteiger partial charge in [0.25, 0.3) is 0 Å². The zero-order valence-corrected chi connectivity index (χ0v) is 17.2. The Balaban J connectivity index is 1.50. The van der Waals surface area contributed by atoms with Crippen LogP contribution in [0.25, 0.3) is 11.5 Å². The van der Waals surface area contributed by atoms with Crippen molar-refractivity contribution in [1.29, 1.82) is 0 Å². The SMILES string of the molecule is CCCCOc1ccc(NC(=O)NCCn2nc(-c3ccccn3)n(C)c2=O)cc1. The predicted molar refractivity (Wildman–Crippen MR) is 115 cm³/mol. The molecule has 0 bridgehead atoms. The van der Waals surface area contributed by atoms with Crippen molar-refractivity contribution in [2.75, 3.05) is 18.5 Å². The van der Waals surface area contributed by atoms with Crippen molar-refractivity contribution in [2.45, 2.75) is 26.3 Å². The zero-order chi connectivity index (χ0) is 21.3. The van der Waals surface area contributed by atoms with Crippen molar-refractivity contribution in [1.82, 2.24) is 24.6 Å². The summed E-state index contributed by atoms with van der Waals surface area (Å²) < 4.78 is 8.35. The minimum Gasteiger partial charge on any atom is -0.494 e. The Morgan fingerprint density at radius 2 is 1.97 bits per heavy atom. The van der Waals surface area contributed by atoms with E-state index in [2.05, 4.69) is 27.6 Å². The van der Waals surface area contributed by atoms with Crippen LogP contribution in [0.15, 0.2) is 53.5 Å². The second kappa shape index (κ2) is 10.2. The van der Waals surface area contributed by atoms with Gasteiger partial charge in [0, 0.05) is 25.5 Å². The number of benzene rings is 1. The predicted octanol–water partition coefficient (Wildman–Crippen LogP) is 2.64. The van der Waals surface area contributed by atoms with Crippen molar-refractivity contribution in [3.8, 4) is 17.3 Å². The average molecular weight is 410 g/mol. The summed E-state index contributed by atoms with van der Waals surface area (Å²) in [7, 11) is 1.64. The van der Waals surface area contributed by atoms with Crippen molar-refractivity contribution in [3.05, 3.63) is 59.1 Å². The quantitative estimate of drug-likeness (QED) is 0.528. The number of nitrogens with one attached hydrogen (secondary N) is 2. The zero-order valence-electron chi connectivity index (χ0n) is 17.2.